The third kappa shape index (κ3) is 7.89. The van der Waals surface area contributed by atoms with Gasteiger partial charge in [-0.15, -0.1) is 6.42 Å². The zero-order chi connectivity index (χ0) is 25.2. The second-order valence-electron chi connectivity index (χ2n) is 9.20. The lowest BCUT2D eigenvalue weighted by Crippen LogP contribution is -2.28. The molecule has 0 unspecified atom stereocenters. The second kappa shape index (κ2) is 12.6. The molecule has 0 saturated heterocycles. The lowest BCUT2D eigenvalue weighted by molar-refractivity contribution is 0.251. The SMILES string of the molecule is C#Cc1ccc(C2CCCCC2)cc1.C=C(C)c1ccc(C)c(NC(=O)NCc2ccn(C)n2)c1. The number of nitrogens with one attached hydrogen (secondary N) is 2. The van der Waals surface area contributed by atoms with Crippen LogP contribution < -0.4 is 10.6 Å². The first kappa shape index (κ1) is 25.8. The summed E-state index contributed by atoms with van der Waals surface area (Å²) in [5.41, 5.74) is 7.06. The Kier molecular flexibility index (Phi) is 9.31. The molecule has 182 valence electrons. The van der Waals surface area contributed by atoms with E-state index in [2.05, 4.69) is 52.5 Å². The predicted octanol–water partition coefficient (Wildman–Crippen LogP) is 6.80. The Hall–Kier alpha value is -3.78. The van der Waals surface area contributed by atoms with Crippen LogP contribution in [0.15, 0.2) is 61.3 Å². The van der Waals surface area contributed by atoms with Gasteiger partial charge in [-0.2, -0.15) is 5.10 Å². The maximum Gasteiger partial charge on any atom is 0.319 e. The minimum atomic E-state index is -0.248. The number of carbonyl (C=O) groups excluding carboxylic acids is 1. The molecule has 4 rings (SSSR count). The molecule has 1 fully saturated rings. The van der Waals surface area contributed by atoms with Crippen molar-refractivity contribution < 1.29 is 4.79 Å². The average Bonchev–Trinajstić information content (AvgIpc) is 3.30. The Labute approximate surface area is 209 Å². The van der Waals surface area contributed by atoms with Crippen LogP contribution in [0.4, 0.5) is 10.5 Å². The van der Waals surface area contributed by atoms with Gasteiger partial charge >= 0.3 is 6.03 Å². The maximum absolute atomic E-state index is 11.9. The summed E-state index contributed by atoms with van der Waals surface area (Å²) >= 11 is 0. The van der Waals surface area contributed by atoms with Gasteiger partial charge in [0.25, 0.3) is 0 Å². The Morgan fingerprint density at radius 2 is 1.86 bits per heavy atom. The maximum atomic E-state index is 11.9. The first-order valence-corrected chi connectivity index (χ1v) is 12.2. The molecular weight excluding hydrogens is 432 g/mol. The minimum Gasteiger partial charge on any atom is -0.332 e. The van der Waals surface area contributed by atoms with Gasteiger partial charge in [0, 0.05) is 24.5 Å². The molecule has 0 spiro atoms. The van der Waals surface area contributed by atoms with E-state index in [4.69, 9.17) is 6.42 Å². The van der Waals surface area contributed by atoms with E-state index < -0.39 is 0 Å². The summed E-state index contributed by atoms with van der Waals surface area (Å²) in [5, 5.41) is 9.85. The Morgan fingerprint density at radius 3 is 2.46 bits per heavy atom. The van der Waals surface area contributed by atoms with E-state index >= 15 is 0 Å². The molecule has 5 heteroatoms. The van der Waals surface area contributed by atoms with Crippen molar-refractivity contribution in [2.45, 2.75) is 58.4 Å². The number of amides is 2. The van der Waals surface area contributed by atoms with Gasteiger partial charge < -0.3 is 10.6 Å². The zero-order valence-corrected chi connectivity index (χ0v) is 21.1. The summed E-state index contributed by atoms with van der Waals surface area (Å²) in [4.78, 5) is 11.9. The number of aromatic nitrogens is 2. The molecule has 0 aliphatic heterocycles. The van der Waals surface area contributed by atoms with Crippen LogP contribution in [0.5, 0.6) is 0 Å². The van der Waals surface area contributed by atoms with E-state index in [-0.39, 0.29) is 6.03 Å². The number of allylic oxidation sites excluding steroid dienone is 1. The summed E-state index contributed by atoms with van der Waals surface area (Å²) in [6.45, 7) is 8.20. The van der Waals surface area contributed by atoms with E-state index in [1.807, 2.05) is 51.4 Å². The smallest absolute Gasteiger partial charge is 0.319 e. The van der Waals surface area contributed by atoms with Crippen LogP contribution in [0.2, 0.25) is 0 Å². The molecule has 2 amide bonds. The van der Waals surface area contributed by atoms with Crippen molar-refractivity contribution in [3.05, 3.63) is 89.3 Å². The molecule has 2 aromatic carbocycles. The molecule has 35 heavy (non-hydrogen) atoms. The van der Waals surface area contributed by atoms with Crippen molar-refractivity contribution in [2.24, 2.45) is 7.05 Å². The number of aryl methyl sites for hydroxylation is 2. The fourth-order valence-corrected chi connectivity index (χ4v) is 4.20. The van der Waals surface area contributed by atoms with E-state index in [0.717, 1.165) is 39.6 Å². The van der Waals surface area contributed by atoms with Crippen molar-refractivity contribution in [3.63, 3.8) is 0 Å². The van der Waals surface area contributed by atoms with Crippen molar-refractivity contribution in [3.8, 4) is 12.3 Å². The summed E-state index contributed by atoms with van der Waals surface area (Å²) in [6.07, 6.45) is 14.1. The van der Waals surface area contributed by atoms with Crippen molar-refractivity contribution in [1.82, 2.24) is 15.1 Å². The monoisotopic (exact) mass is 468 g/mol. The Morgan fingerprint density at radius 1 is 1.14 bits per heavy atom. The number of anilines is 1. The largest absolute Gasteiger partial charge is 0.332 e. The van der Waals surface area contributed by atoms with Crippen LogP contribution in [-0.4, -0.2) is 15.8 Å². The van der Waals surface area contributed by atoms with Gasteiger partial charge in [0.15, 0.2) is 0 Å². The van der Waals surface area contributed by atoms with E-state index in [0.29, 0.717) is 6.54 Å². The number of benzene rings is 2. The Balaban J connectivity index is 0.000000211. The Bertz CT molecular complexity index is 1180. The standard InChI is InChI=1S/C16H20N4O.C14H16/c1-11(2)13-6-5-12(3)15(9-13)18-16(21)17-10-14-7-8-20(4)19-14;1-2-12-8-10-14(11-9-12)13-6-4-3-5-7-13/h5-9H,1,10H2,2-4H3,(H2,17,18,21);1,8-11,13H,3-7H2. The minimum absolute atomic E-state index is 0.248. The van der Waals surface area contributed by atoms with Gasteiger partial charge in [0.2, 0.25) is 0 Å². The molecule has 1 heterocycles. The normalized spacial score (nSPS) is 13.2. The summed E-state index contributed by atoms with van der Waals surface area (Å²) < 4.78 is 1.70. The van der Waals surface area contributed by atoms with Gasteiger partial charge in [-0.3, -0.25) is 4.68 Å². The molecule has 1 aliphatic carbocycles. The number of terminal acetylenes is 1. The molecule has 1 aliphatic rings. The van der Waals surface area contributed by atoms with Crippen molar-refractivity contribution >= 4 is 17.3 Å². The molecule has 0 atom stereocenters. The lowest BCUT2D eigenvalue weighted by Gasteiger charge is -2.21. The number of nitrogens with zero attached hydrogens (tertiary/aromatic N) is 2. The van der Waals surface area contributed by atoms with Crippen molar-refractivity contribution in [1.29, 1.82) is 0 Å². The topological polar surface area (TPSA) is 59.0 Å². The van der Waals surface area contributed by atoms with Crippen LogP contribution >= 0.6 is 0 Å². The van der Waals surface area contributed by atoms with Gasteiger partial charge in [-0.05, 0) is 73.6 Å². The van der Waals surface area contributed by atoms with Crippen LogP contribution in [0.3, 0.4) is 0 Å². The van der Waals surface area contributed by atoms with Crippen LogP contribution in [0.25, 0.3) is 5.57 Å². The fourth-order valence-electron chi connectivity index (χ4n) is 4.20. The highest BCUT2D eigenvalue weighted by molar-refractivity contribution is 5.90. The summed E-state index contributed by atoms with van der Waals surface area (Å²) in [7, 11) is 1.84. The lowest BCUT2D eigenvalue weighted by atomic mass is 9.84. The van der Waals surface area contributed by atoms with E-state index in [1.54, 1.807) is 4.68 Å². The van der Waals surface area contributed by atoms with Crippen LogP contribution in [0.1, 0.15) is 72.9 Å². The number of hydrogen-bond acceptors (Lipinski definition) is 2. The molecule has 2 N–H and O–H groups in total. The molecule has 5 nitrogen and oxygen atoms in total. The highest BCUT2D eigenvalue weighted by Gasteiger charge is 2.14. The van der Waals surface area contributed by atoms with Gasteiger partial charge in [-0.25, -0.2) is 4.79 Å². The van der Waals surface area contributed by atoms with Gasteiger partial charge in [0.1, 0.15) is 0 Å². The highest BCUT2D eigenvalue weighted by Crippen LogP contribution is 2.32. The van der Waals surface area contributed by atoms with E-state index in [9.17, 15) is 4.79 Å². The third-order valence-electron chi connectivity index (χ3n) is 6.33. The first-order chi connectivity index (χ1) is 16.9. The predicted molar refractivity (Wildman–Crippen MR) is 145 cm³/mol. The first-order valence-electron chi connectivity index (χ1n) is 12.2. The number of hydrogen-bond donors (Lipinski definition) is 2. The number of rotatable bonds is 5. The van der Waals surface area contributed by atoms with Gasteiger partial charge in [0.05, 0.1) is 12.2 Å². The molecule has 0 radical (unpaired) electrons. The number of urea groups is 1. The fraction of sp³-hybridized carbons (Fsp3) is 0.333. The molecule has 1 saturated carbocycles. The third-order valence-corrected chi connectivity index (χ3v) is 6.33. The summed E-state index contributed by atoms with van der Waals surface area (Å²) in [5.74, 6) is 3.44. The molecule has 0 bridgehead atoms. The second-order valence-corrected chi connectivity index (χ2v) is 9.20. The van der Waals surface area contributed by atoms with Crippen LogP contribution in [-0.2, 0) is 13.6 Å². The summed E-state index contributed by atoms with van der Waals surface area (Å²) in [6, 6.07) is 16.0. The van der Waals surface area contributed by atoms with E-state index in [1.165, 1.54) is 37.7 Å². The molecular formula is C30H36N4O. The number of carbonyl (C=O) groups is 1. The molecule has 1 aromatic heterocycles. The van der Waals surface area contributed by atoms with Crippen LogP contribution in [0, 0.1) is 19.3 Å². The zero-order valence-electron chi connectivity index (χ0n) is 21.1. The molecule has 3 aromatic rings. The highest BCUT2D eigenvalue weighted by atomic mass is 16.2. The van der Waals surface area contributed by atoms with Crippen molar-refractivity contribution in [2.75, 3.05) is 5.32 Å². The van der Waals surface area contributed by atoms with Gasteiger partial charge in [-0.1, -0.05) is 61.6 Å². The quantitative estimate of drug-likeness (QED) is 0.405. The average molecular weight is 469 g/mol.